The molecule has 0 unspecified atom stereocenters. The summed E-state index contributed by atoms with van der Waals surface area (Å²) in [6, 6.07) is 0. The van der Waals surface area contributed by atoms with Crippen molar-refractivity contribution >= 4 is 0 Å². The zero-order valence-electron chi connectivity index (χ0n) is 6.11. The lowest BCUT2D eigenvalue weighted by atomic mass is 10.1. The van der Waals surface area contributed by atoms with Crippen LogP contribution in [0.2, 0.25) is 0 Å². The number of hydrogen-bond acceptors (Lipinski definition) is 0. The van der Waals surface area contributed by atoms with Gasteiger partial charge in [0.1, 0.15) is 0 Å². The minimum absolute atomic E-state index is 1.12. The molecule has 0 fully saturated rings. The second kappa shape index (κ2) is 2.86. The van der Waals surface area contributed by atoms with E-state index in [1.165, 1.54) is 19.3 Å². The number of hydrogen-bond donors (Lipinski definition) is 0. The molecule has 0 aromatic carbocycles. The fraction of sp³-hybridized carbons (Fsp3) is 0.556. The van der Waals surface area contributed by atoms with Crippen LogP contribution in [0.3, 0.4) is 0 Å². The Bertz CT molecular complexity index is 140. The summed E-state index contributed by atoms with van der Waals surface area (Å²) in [6.45, 7) is 5.97. The zero-order chi connectivity index (χ0) is 6.69. The highest BCUT2D eigenvalue weighted by Gasteiger charge is 2.07. The summed E-state index contributed by atoms with van der Waals surface area (Å²) < 4.78 is 0. The van der Waals surface area contributed by atoms with Crippen LogP contribution in [0.4, 0.5) is 0 Å². The van der Waals surface area contributed by atoms with Gasteiger partial charge in [-0.2, -0.15) is 0 Å². The van der Waals surface area contributed by atoms with E-state index in [0.29, 0.717) is 0 Å². The lowest BCUT2D eigenvalue weighted by molar-refractivity contribution is 0.884. The Labute approximate surface area is 57.3 Å². The molecule has 0 atom stereocenters. The highest BCUT2D eigenvalue weighted by molar-refractivity contribution is 5.19. The van der Waals surface area contributed by atoms with Crippen LogP contribution in [0.25, 0.3) is 0 Å². The van der Waals surface area contributed by atoms with Gasteiger partial charge in [0.2, 0.25) is 0 Å². The Balaban J connectivity index is 2.54. The molecular weight excluding hydrogens is 108 g/mol. The van der Waals surface area contributed by atoms with E-state index < -0.39 is 0 Å². The van der Waals surface area contributed by atoms with E-state index in [1.54, 1.807) is 11.1 Å². The van der Waals surface area contributed by atoms with E-state index in [1.807, 2.05) is 6.08 Å². The quantitative estimate of drug-likeness (QED) is 0.494. The Kier molecular flexibility index (Phi) is 2.10. The summed E-state index contributed by atoms with van der Waals surface area (Å²) in [5, 5.41) is 0. The molecule has 1 aliphatic rings. The van der Waals surface area contributed by atoms with Crippen molar-refractivity contribution < 1.29 is 0 Å². The second-order valence-corrected chi connectivity index (χ2v) is 2.73. The first-order valence-electron chi connectivity index (χ1n) is 3.63. The second-order valence-electron chi connectivity index (χ2n) is 2.73. The lowest BCUT2D eigenvalue weighted by Crippen LogP contribution is -1.75. The van der Waals surface area contributed by atoms with Gasteiger partial charge in [-0.1, -0.05) is 17.2 Å². The monoisotopic (exact) mass is 122 g/mol. The number of rotatable bonds is 2. The Morgan fingerprint density at radius 1 is 1.56 bits per heavy atom. The van der Waals surface area contributed by atoms with Gasteiger partial charge in [-0.15, -0.1) is 6.58 Å². The van der Waals surface area contributed by atoms with Gasteiger partial charge in [0.05, 0.1) is 0 Å². The predicted molar refractivity (Wildman–Crippen MR) is 41.4 cm³/mol. The molecule has 1 rings (SSSR count). The first-order chi connectivity index (χ1) is 4.34. The third-order valence-corrected chi connectivity index (χ3v) is 2.02. The molecule has 0 amide bonds. The molecular formula is C9H14. The summed E-state index contributed by atoms with van der Waals surface area (Å²) in [6.07, 6.45) is 7.13. The van der Waals surface area contributed by atoms with Gasteiger partial charge >= 0.3 is 0 Å². The van der Waals surface area contributed by atoms with Crippen molar-refractivity contribution in [2.45, 2.75) is 32.6 Å². The van der Waals surface area contributed by atoms with Crippen molar-refractivity contribution in [1.29, 1.82) is 0 Å². The molecule has 50 valence electrons. The van der Waals surface area contributed by atoms with E-state index in [-0.39, 0.29) is 0 Å². The van der Waals surface area contributed by atoms with Gasteiger partial charge in [0.25, 0.3) is 0 Å². The van der Waals surface area contributed by atoms with Gasteiger partial charge < -0.3 is 0 Å². The van der Waals surface area contributed by atoms with Crippen LogP contribution in [-0.2, 0) is 0 Å². The lowest BCUT2D eigenvalue weighted by Gasteiger charge is -1.95. The first kappa shape index (κ1) is 6.60. The van der Waals surface area contributed by atoms with E-state index in [0.717, 1.165) is 6.42 Å². The molecule has 0 radical (unpaired) electrons. The third-order valence-electron chi connectivity index (χ3n) is 2.02. The van der Waals surface area contributed by atoms with E-state index in [4.69, 9.17) is 0 Å². The molecule has 0 aromatic heterocycles. The van der Waals surface area contributed by atoms with Crippen LogP contribution in [0, 0.1) is 0 Å². The van der Waals surface area contributed by atoms with Gasteiger partial charge in [0, 0.05) is 0 Å². The van der Waals surface area contributed by atoms with Gasteiger partial charge in [-0.05, 0) is 32.6 Å². The zero-order valence-corrected chi connectivity index (χ0v) is 6.11. The highest BCUT2D eigenvalue weighted by atomic mass is 14.1. The molecule has 9 heavy (non-hydrogen) atoms. The fourth-order valence-corrected chi connectivity index (χ4v) is 1.41. The van der Waals surface area contributed by atoms with Crippen molar-refractivity contribution in [3.8, 4) is 0 Å². The Hall–Kier alpha value is -0.520. The molecule has 0 spiro atoms. The molecule has 0 aromatic rings. The van der Waals surface area contributed by atoms with Crippen molar-refractivity contribution in [2.75, 3.05) is 0 Å². The average molecular weight is 122 g/mol. The van der Waals surface area contributed by atoms with Crippen LogP contribution in [-0.4, -0.2) is 0 Å². The van der Waals surface area contributed by atoms with Crippen LogP contribution in [0.5, 0.6) is 0 Å². The van der Waals surface area contributed by atoms with Crippen molar-refractivity contribution in [2.24, 2.45) is 0 Å². The molecule has 0 saturated heterocycles. The maximum atomic E-state index is 3.72. The Morgan fingerprint density at radius 3 is 2.78 bits per heavy atom. The summed E-state index contributed by atoms with van der Waals surface area (Å²) in [7, 11) is 0. The molecule has 0 bridgehead atoms. The van der Waals surface area contributed by atoms with Crippen molar-refractivity contribution in [3.63, 3.8) is 0 Å². The van der Waals surface area contributed by atoms with Crippen LogP contribution in [0.1, 0.15) is 32.6 Å². The summed E-state index contributed by atoms with van der Waals surface area (Å²) in [5.74, 6) is 0. The average Bonchev–Trinajstić information content (AvgIpc) is 2.18. The maximum absolute atomic E-state index is 3.72. The van der Waals surface area contributed by atoms with Crippen LogP contribution in [0.15, 0.2) is 23.8 Å². The SMILES string of the molecule is C=CCC1=C(C)CCC1. The standard InChI is InChI=1S/C9H14/c1-3-5-9-7-4-6-8(9)2/h3H,1,4-7H2,2H3. The smallest absolute Gasteiger partial charge is 0.0139 e. The highest BCUT2D eigenvalue weighted by Crippen LogP contribution is 2.27. The van der Waals surface area contributed by atoms with E-state index >= 15 is 0 Å². The largest absolute Gasteiger partial charge is 0.103 e. The van der Waals surface area contributed by atoms with Crippen LogP contribution >= 0.6 is 0 Å². The normalized spacial score (nSPS) is 18.8. The molecule has 0 heterocycles. The minimum atomic E-state index is 1.12. The molecule has 0 aliphatic heterocycles. The van der Waals surface area contributed by atoms with E-state index in [2.05, 4.69) is 13.5 Å². The third kappa shape index (κ3) is 1.44. The van der Waals surface area contributed by atoms with E-state index in [9.17, 15) is 0 Å². The summed E-state index contributed by atoms with van der Waals surface area (Å²) in [4.78, 5) is 0. The summed E-state index contributed by atoms with van der Waals surface area (Å²) in [5.41, 5.74) is 3.24. The summed E-state index contributed by atoms with van der Waals surface area (Å²) >= 11 is 0. The number of allylic oxidation sites excluding steroid dienone is 3. The maximum Gasteiger partial charge on any atom is -0.0139 e. The van der Waals surface area contributed by atoms with Crippen molar-refractivity contribution in [1.82, 2.24) is 0 Å². The molecule has 0 N–H and O–H groups in total. The molecule has 1 aliphatic carbocycles. The molecule has 0 saturated carbocycles. The van der Waals surface area contributed by atoms with Crippen LogP contribution < -0.4 is 0 Å². The van der Waals surface area contributed by atoms with Gasteiger partial charge in [0.15, 0.2) is 0 Å². The minimum Gasteiger partial charge on any atom is -0.103 e. The predicted octanol–water partition coefficient (Wildman–Crippen LogP) is 3.06. The van der Waals surface area contributed by atoms with Gasteiger partial charge in [-0.25, -0.2) is 0 Å². The topological polar surface area (TPSA) is 0 Å². The van der Waals surface area contributed by atoms with Crippen molar-refractivity contribution in [3.05, 3.63) is 23.8 Å². The Morgan fingerprint density at radius 2 is 2.33 bits per heavy atom. The fourth-order valence-electron chi connectivity index (χ4n) is 1.41. The van der Waals surface area contributed by atoms with Gasteiger partial charge in [-0.3, -0.25) is 0 Å². The molecule has 0 heteroatoms. The first-order valence-corrected chi connectivity index (χ1v) is 3.63. The molecule has 0 nitrogen and oxygen atoms in total.